The monoisotopic (exact) mass is 476 g/mol. The van der Waals surface area contributed by atoms with Crippen LogP contribution < -0.4 is 19.7 Å². The molecule has 0 aromatic heterocycles. The summed E-state index contributed by atoms with van der Waals surface area (Å²) in [6.07, 6.45) is -1.29. The van der Waals surface area contributed by atoms with E-state index in [1.807, 2.05) is 25.1 Å². The third kappa shape index (κ3) is 5.04. The Bertz CT molecular complexity index is 1070. The quantitative estimate of drug-likeness (QED) is 0.466. The lowest BCUT2D eigenvalue weighted by atomic mass is 9.91. The van der Waals surface area contributed by atoms with Gasteiger partial charge in [-0.15, -0.1) is 8.78 Å². The minimum atomic E-state index is -3.70. The number of ether oxygens (including phenoxy) is 2. The van der Waals surface area contributed by atoms with Crippen LogP contribution in [0, 0.1) is 0 Å². The Kier molecular flexibility index (Phi) is 6.33. The zero-order valence-corrected chi connectivity index (χ0v) is 19.5. The molecule has 184 valence electrons. The summed E-state index contributed by atoms with van der Waals surface area (Å²) in [6, 6.07) is 10.1. The Balaban J connectivity index is 1.72. The third-order valence-electron chi connectivity index (χ3n) is 6.46. The smallest absolute Gasteiger partial charge is 0.481 e. The number of rotatable bonds is 8. The molecule has 1 saturated heterocycles. The highest BCUT2D eigenvalue weighted by Crippen LogP contribution is 2.44. The Hall–Kier alpha value is -3.07. The van der Waals surface area contributed by atoms with Gasteiger partial charge in [-0.2, -0.15) is 0 Å². The summed E-state index contributed by atoms with van der Waals surface area (Å²) in [7, 11) is 0. The van der Waals surface area contributed by atoms with Gasteiger partial charge in [0, 0.05) is 18.3 Å². The molecule has 2 aromatic carbocycles. The zero-order chi connectivity index (χ0) is 24.7. The number of hydrogen-bond donors (Lipinski definition) is 3. The van der Waals surface area contributed by atoms with E-state index in [4.69, 9.17) is 0 Å². The van der Waals surface area contributed by atoms with E-state index >= 15 is 0 Å². The van der Waals surface area contributed by atoms with Crippen LogP contribution in [-0.4, -0.2) is 40.7 Å². The molecule has 0 aliphatic carbocycles. The highest BCUT2D eigenvalue weighted by atomic mass is 19.3. The maximum atomic E-state index is 13.5. The zero-order valence-electron chi connectivity index (χ0n) is 19.5. The first-order valence-electron chi connectivity index (χ1n) is 11.5. The molecule has 4 rings (SSSR count). The molecular weight excluding hydrogens is 446 g/mol. The van der Waals surface area contributed by atoms with Crippen LogP contribution in [0.25, 0.3) is 0 Å². The van der Waals surface area contributed by atoms with E-state index in [9.17, 15) is 23.8 Å². The van der Waals surface area contributed by atoms with Gasteiger partial charge in [0.25, 0.3) is 0 Å². The number of halogens is 2. The Morgan fingerprint density at radius 3 is 2.65 bits per heavy atom. The van der Waals surface area contributed by atoms with Crippen molar-refractivity contribution in [3.8, 4) is 11.5 Å². The molecule has 0 amide bonds. The number of hydrogen-bond acceptors (Lipinski definition) is 6. The van der Waals surface area contributed by atoms with E-state index < -0.39 is 17.9 Å². The molecule has 7 nitrogen and oxygen atoms in total. The molecule has 1 unspecified atom stereocenters. The van der Waals surface area contributed by atoms with Crippen molar-refractivity contribution in [1.29, 1.82) is 0 Å². The van der Waals surface area contributed by atoms with E-state index in [1.165, 1.54) is 12.1 Å². The second kappa shape index (κ2) is 8.94. The number of fused-ring (bicyclic) bond motifs is 1. The highest BCUT2D eigenvalue weighted by Gasteiger charge is 2.43. The van der Waals surface area contributed by atoms with Gasteiger partial charge in [-0.1, -0.05) is 13.0 Å². The van der Waals surface area contributed by atoms with E-state index in [1.54, 1.807) is 19.9 Å². The molecule has 3 N–H and O–H groups in total. The standard InChI is InChI=1S/C25H30F2N2O5/c1-4-15(13-23(30)31)16-7-9-19(29-11-5-6-22(29)24(2,3)32)18(12-16)28-17-8-10-20-21(14-17)34-25(26,27)33-20/h7-10,12,14-15,22,28,32H,4-6,11,13H2,1-3H3,(H,30,31)/t15?,22-/m1/s1. The normalized spacial score (nSPS) is 19.8. The van der Waals surface area contributed by atoms with Crippen LogP contribution in [-0.2, 0) is 4.79 Å². The molecule has 0 saturated carbocycles. The van der Waals surface area contributed by atoms with E-state index in [0.717, 1.165) is 30.6 Å². The molecule has 2 aromatic rings. The molecule has 9 heteroatoms. The van der Waals surface area contributed by atoms with Crippen molar-refractivity contribution < 1.29 is 33.3 Å². The number of anilines is 3. The fraction of sp³-hybridized carbons (Fsp3) is 0.480. The highest BCUT2D eigenvalue weighted by molar-refractivity contribution is 5.78. The average molecular weight is 477 g/mol. The molecule has 0 radical (unpaired) electrons. The van der Waals surface area contributed by atoms with Crippen molar-refractivity contribution >= 4 is 23.0 Å². The van der Waals surface area contributed by atoms with E-state index in [2.05, 4.69) is 19.7 Å². The summed E-state index contributed by atoms with van der Waals surface area (Å²) >= 11 is 0. The van der Waals surface area contributed by atoms with Gasteiger partial charge in [0.2, 0.25) is 0 Å². The first kappa shape index (κ1) is 24.1. The van der Waals surface area contributed by atoms with Crippen molar-refractivity contribution in [3.63, 3.8) is 0 Å². The van der Waals surface area contributed by atoms with Crippen molar-refractivity contribution in [2.24, 2.45) is 0 Å². The summed E-state index contributed by atoms with van der Waals surface area (Å²) in [4.78, 5) is 13.5. The van der Waals surface area contributed by atoms with Crippen molar-refractivity contribution in [3.05, 3.63) is 42.0 Å². The van der Waals surface area contributed by atoms with Crippen LogP contribution in [0.3, 0.4) is 0 Å². The number of aliphatic hydroxyl groups is 1. The number of carbonyl (C=O) groups is 1. The second-order valence-electron chi connectivity index (χ2n) is 9.44. The van der Waals surface area contributed by atoms with Gasteiger partial charge in [0.05, 0.1) is 29.4 Å². The lowest BCUT2D eigenvalue weighted by Crippen LogP contribution is -2.46. The fourth-order valence-electron chi connectivity index (χ4n) is 4.84. The molecule has 2 atom stereocenters. The maximum absolute atomic E-state index is 13.5. The van der Waals surface area contributed by atoms with Gasteiger partial charge in [-0.3, -0.25) is 4.79 Å². The average Bonchev–Trinajstić information content (AvgIpc) is 3.34. The Labute approximate surface area is 197 Å². The van der Waals surface area contributed by atoms with E-state index in [0.29, 0.717) is 17.8 Å². The SMILES string of the molecule is CCC(CC(=O)O)c1ccc(N2CCC[C@@H]2C(C)(C)O)c(Nc2ccc3c(c2)OC(F)(F)O3)c1. The van der Waals surface area contributed by atoms with Gasteiger partial charge in [0.15, 0.2) is 11.5 Å². The van der Waals surface area contributed by atoms with Crippen LogP contribution in [0.15, 0.2) is 36.4 Å². The van der Waals surface area contributed by atoms with Gasteiger partial charge < -0.3 is 29.9 Å². The molecule has 2 aliphatic heterocycles. The number of carboxylic acid groups (broad SMARTS) is 1. The number of nitrogens with one attached hydrogen (secondary N) is 1. The Morgan fingerprint density at radius 1 is 1.24 bits per heavy atom. The topological polar surface area (TPSA) is 91.3 Å². The predicted octanol–water partition coefficient (Wildman–Crippen LogP) is 5.46. The summed E-state index contributed by atoms with van der Waals surface area (Å²) in [5.74, 6) is -1.16. The van der Waals surface area contributed by atoms with Gasteiger partial charge in [-0.05, 0) is 68.9 Å². The van der Waals surface area contributed by atoms with Crippen LogP contribution in [0.4, 0.5) is 25.8 Å². The number of aliphatic carboxylic acids is 1. The third-order valence-corrected chi connectivity index (χ3v) is 6.46. The fourth-order valence-corrected chi connectivity index (χ4v) is 4.84. The molecule has 2 aliphatic rings. The summed E-state index contributed by atoms with van der Waals surface area (Å²) < 4.78 is 36.0. The molecule has 2 heterocycles. The van der Waals surface area contributed by atoms with Gasteiger partial charge in [-0.25, -0.2) is 0 Å². The molecule has 34 heavy (non-hydrogen) atoms. The van der Waals surface area contributed by atoms with Gasteiger partial charge >= 0.3 is 12.3 Å². The molecule has 0 bridgehead atoms. The number of nitrogens with zero attached hydrogens (tertiary/aromatic N) is 1. The van der Waals surface area contributed by atoms with Crippen LogP contribution in [0.2, 0.25) is 0 Å². The Morgan fingerprint density at radius 2 is 1.97 bits per heavy atom. The lowest BCUT2D eigenvalue weighted by molar-refractivity contribution is -0.286. The van der Waals surface area contributed by atoms with Gasteiger partial charge in [0.1, 0.15) is 0 Å². The second-order valence-corrected chi connectivity index (χ2v) is 9.44. The molecule has 1 fully saturated rings. The van der Waals surface area contributed by atoms with Crippen LogP contribution in [0.5, 0.6) is 11.5 Å². The van der Waals surface area contributed by atoms with Crippen molar-refractivity contribution in [1.82, 2.24) is 0 Å². The number of alkyl halides is 2. The predicted molar refractivity (Wildman–Crippen MR) is 124 cm³/mol. The van der Waals surface area contributed by atoms with Crippen LogP contribution >= 0.6 is 0 Å². The minimum absolute atomic E-state index is 0.00437. The van der Waals surface area contributed by atoms with Crippen molar-refractivity contribution in [2.75, 3.05) is 16.8 Å². The molecule has 0 spiro atoms. The van der Waals surface area contributed by atoms with Crippen LogP contribution in [0.1, 0.15) is 57.9 Å². The maximum Gasteiger partial charge on any atom is 0.586 e. The number of carboxylic acids is 1. The molecular formula is C25H30F2N2O5. The summed E-state index contributed by atoms with van der Waals surface area (Å²) in [6.45, 7) is 6.27. The minimum Gasteiger partial charge on any atom is -0.481 e. The largest absolute Gasteiger partial charge is 0.586 e. The van der Waals surface area contributed by atoms with E-state index in [-0.39, 0.29) is 29.9 Å². The lowest BCUT2D eigenvalue weighted by Gasteiger charge is -2.36. The number of benzene rings is 2. The first-order chi connectivity index (χ1) is 16.0. The first-order valence-corrected chi connectivity index (χ1v) is 11.5. The van der Waals surface area contributed by atoms with Crippen molar-refractivity contribution in [2.45, 2.75) is 70.3 Å². The summed E-state index contributed by atoms with van der Waals surface area (Å²) in [5.41, 5.74) is 2.00. The summed E-state index contributed by atoms with van der Waals surface area (Å²) in [5, 5.41) is 23.4.